The predicted octanol–water partition coefficient (Wildman–Crippen LogP) is 4.86. The number of benzene rings is 2. The Labute approximate surface area is 159 Å². The quantitative estimate of drug-likeness (QED) is 0.334. The summed E-state index contributed by atoms with van der Waals surface area (Å²) < 4.78 is 13.1. The Morgan fingerprint density at radius 2 is 1.96 bits per heavy atom. The van der Waals surface area contributed by atoms with Gasteiger partial charge in [0.15, 0.2) is 11.5 Å². The van der Waals surface area contributed by atoms with Crippen molar-refractivity contribution in [2.75, 3.05) is 19.0 Å². The van der Waals surface area contributed by atoms with Gasteiger partial charge in [0.1, 0.15) is 0 Å². The molecule has 5 nitrogen and oxygen atoms in total. The molecule has 3 rings (SSSR count). The summed E-state index contributed by atoms with van der Waals surface area (Å²) in [5.41, 5.74) is 2.02. The average molecular weight is 366 g/mol. The highest BCUT2D eigenvalue weighted by Gasteiger charge is 2.14. The monoisotopic (exact) mass is 366 g/mol. The van der Waals surface area contributed by atoms with Gasteiger partial charge >= 0.3 is 5.97 Å². The van der Waals surface area contributed by atoms with E-state index in [4.69, 9.17) is 9.47 Å². The number of hydrogen-bond donors (Lipinski definition) is 1. The molecule has 0 aliphatic carbocycles. The highest BCUT2D eigenvalue weighted by atomic mass is 16.6. The van der Waals surface area contributed by atoms with Crippen LogP contribution in [0.1, 0.15) is 26.2 Å². The molecule has 1 heterocycles. The first kappa shape index (κ1) is 18.8. The number of ether oxygens (including phenoxy) is 2. The lowest BCUT2D eigenvalue weighted by Crippen LogP contribution is -2.12. The third-order valence-corrected chi connectivity index (χ3v) is 4.44. The van der Waals surface area contributed by atoms with E-state index in [1.54, 1.807) is 13.2 Å². The summed E-state index contributed by atoms with van der Waals surface area (Å²) in [6, 6.07) is 16.1. The molecule has 1 N–H and O–H groups in total. The molecule has 0 aliphatic rings. The third-order valence-electron chi connectivity index (χ3n) is 4.44. The van der Waals surface area contributed by atoms with Crippen LogP contribution in [0.5, 0.6) is 11.5 Å². The molecule has 3 aromatic rings. The van der Waals surface area contributed by atoms with Crippen molar-refractivity contribution in [1.82, 2.24) is 4.57 Å². The van der Waals surface area contributed by atoms with Crippen molar-refractivity contribution in [3.63, 3.8) is 0 Å². The number of aromatic nitrogens is 1. The number of aryl methyl sites for hydroxylation is 1. The van der Waals surface area contributed by atoms with Crippen molar-refractivity contribution < 1.29 is 14.3 Å². The van der Waals surface area contributed by atoms with Crippen LogP contribution in [0, 0.1) is 0 Å². The Morgan fingerprint density at radius 1 is 1.11 bits per heavy atom. The fourth-order valence-corrected chi connectivity index (χ4v) is 3.10. The molecule has 0 fully saturated rings. The van der Waals surface area contributed by atoms with Gasteiger partial charge in [0.25, 0.3) is 0 Å². The van der Waals surface area contributed by atoms with Crippen LogP contribution >= 0.6 is 0 Å². The minimum absolute atomic E-state index is 0.246. The lowest BCUT2D eigenvalue weighted by atomic mass is 10.2. The summed E-state index contributed by atoms with van der Waals surface area (Å²) in [6.45, 7) is 3.63. The van der Waals surface area contributed by atoms with Gasteiger partial charge in [-0.3, -0.25) is 4.79 Å². The molecule has 0 spiro atoms. The van der Waals surface area contributed by atoms with Gasteiger partial charge in [-0.15, -0.1) is 0 Å². The van der Waals surface area contributed by atoms with E-state index in [9.17, 15) is 4.79 Å². The molecule has 0 bridgehead atoms. The van der Waals surface area contributed by atoms with E-state index in [1.807, 2.05) is 19.1 Å². The zero-order valence-corrected chi connectivity index (χ0v) is 15.9. The fraction of sp³-hybridized carbons (Fsp3) is 0.318. The summed E-state index contributed by atoms with van der Waals surface area (Å²) in [6.07, 6.45) is 4.20. The summed E-state index contributed by atoms with van der Waals surface area (Å²) >= 11 is 0. The van der Waals surface area contributed by atoms with Gasteiger partial charge in [0, 0.05) is 31.2 Å². The number of nitrogens with one attached hydrogen (secondary N) is 1. The first-order valence-corrected chi connectivity index (χ1v) is 9.38. The maximum absolute atomic E-state index is 11.9. The summed E-state index contributed by atoms with van der Waals surface area (Å²) in [5, 5.41) is 4.63. The number of fused-ring (bicyclic) bond motifs is 1. The highest BCUT2D eigenvalue weighted by molar-refractivity contribution is 5.80. The molecule has 0 unspecified atom stereocenters. The van der Waals surface area contributed by atoms with Gasteiger partial charge in [0.2, 0.25) is 0 Å². The molecular weight excluding hydrogens is 340 g/mol. The summed E-state index contributed by atoms with van der Waals surface area (Å²) in [5.74, 6) is 0.773. The van der Waals surface area contributed by atoms with E-state index in [2.05, 4.69) is 46.4 Å². The van der Waals surface area contributed by atoms with Crippen LogP contribution in [0.4, 0.5) is 5.69 Å². The average Bonchev–Trinajstić information content (AvgIpc) is 3.09. The van der Waals surface area contributed by atoms with E-state index in [-0.39, 0.29) is 5.97 Å². The summed E-state index contributed by atoms with van der Waals surface area (Å²) in [7, 11) is 1.58. The van der Waals surface area contributed by atoms with Crippen LogP contribution in [-0.4, -0.2) is 24.2 Å². The topological polar surface area (TPSA) is 52.5 Å². The number of rotatable bonds is 9. The van der Waals surface area contributed by atoms with Gasteiger partial charge in [-0.25, -0.2) is 0 Å². The van der Waals surface area contributed by atoms with Crippen molar-refractivity contribution in [1.29, 1.82) is 0 Å². The number of nitrogens with zero attached hydrogens (tertiary/aromatic N) is 1. The molecule has 1 aromatic heterocycles. The van der Waals surface area contributed by atoms with E-state index in [0.717, 1.165) is 31.6 Å². The maximum Gasteiger partial charge on any atom is 0.311 e. The Balaban J connectivity index is 1.62. The normalized spacial score (nSPS) is 10.7. The molecule has 27 heavy (non-hydrogen) atoms. The predicted molar refractivity (Wildman–Crippen MR) is 109 cm³/mol. The minimum Gasteiger partial charge on any atom is -0.493 e. The molecule has 0 atom stereocenters. The Bertz CT molecular complexity index is 901. The largest absolute Gasteiger partial charge is 0.493 e. The fourth-order valence-electron chi connectivity index (χ4n) is 3.10. The number of hydrogen-bond acceptors (Lipinski definition) is 4. The van der Waals surface area contributed by atoms with Crippen LogP contribution in [0.2, 0.25) is 0 Å². The number of carbonyl (C=O) groups is 1. The van der Waals surface area contributed by atoms with Gasteiger partial charge in [-0.1, -0.05) is 31.2 Å². The van der Waals surface area contributed by atoms with Crippen LogP contribution in [0.25, 0.3) is 10.9 Å². The first-order valence-electron chi connectivity index (χ1n) is 9.38. The van der Waals surface area contributed by atoms with Gasteiger partial charge in [-0.05, 0) is 42.5 Å². The van der Waals surface area contributed by atoms with E-state index in [0.29, 0.717) is 17.9 Å². The molecule has 0 saturated carbocycles. The second-order valence-electron chi connectivity index (χ2n) is 6.41. The standard InChI is InChI=1S/C22H26N2O3/c1-3-8-21(25)27-22-18(10-6-12-20(22)26-2)23-14-7-15-24-16-13-17-9-4-5-11-19(17)24/h4-6,9-13,16,23H,3,7-8,14-15H2,1-2H3. The molecular formula is C22H26N2O3. The van der Waals surface area contributed by atoms with Crippen molar-refractivity contribution in [2.45, 2.75) is 32.7 Å². The molecule has 0 amide bonds. The first-order chi connectivity index (χ1) is 13.2. The second kappa shape index (κ2) is 9.12. The molecule has 142 valence electrons. The zero-order chi connectivity index (χ0) is 19.1. The third kappa shape index (κ3) is 4.61. The molecule has 2 aromatic carbocycles. The van der Waals surface area contributed by atoms with Crippen LogP contribution in [0.3, 0.4) is 0 Å². The van der Waals surface area contributed by atoms with Gasteiger partial charge < -0.3 is 19.4 Å². The second-order valence-corrected chi connectivity index (χ2v) is 6.41. The molecule has 0 aliphatic heterocycles. The van der Waals surface area contributed by atoms with Crippen molar-refractivity contribution in [2.24, 2.45) is 0 Å². The maximum atomic E-state index is 11.9. The number of anilines is 1. The lowest BCUT2D eigenvalue weighted by Gasteiger charge is -2.15. The number of esters is 1. The number of methoxy groups -OCH3 is 1. The van der Waals surface area contributed by atoms with Crippen LogP contribution < -0.4 is 14.8 Å². The van der Waals surface area contributed by atoms with Crippen molar-refractivity contribution >= 4 is 22.6 Å². The molecule has 5 heteroatoms. The SMILES string of the molecule is CCCC(=O)Oc1c(NCCCn2ccc3ccccc32)cccc1OC. The van der Waals surface area contributed by atoms with Crippen molar-refractivity contribution in [3.8, 4) is 11.5 Å². The smallest absolute Gasteiger partial charge is 0.311 e. The van der Waals surface area contributed by atoms with E-state index in [1.165, 1.54) is 10.9 Å². The lowest BCUT2D eigenvalue weighted by molar-refractivity contribution is -0.134. The molecule has 0 saturated heterocycles. The van der Waals surface area contributed by atoms with Crippen LogP contribution in [0.15, 0.2) is 54.7 Å². The van der Waals surface area contributed by atoms with Crippen molar-refractivity contribution in [3.05, 3.63) is 54.7 Å². The van der Waals surface area contributed by atoms with Crippen LogP contribution in [-0.2, 0) is 11.3 Å². The summed E-state index contributed by atoms with van der Waals surface area (Å²) in [4.78, 5) is 11.9. The Kier molecular flexibility index (Phi) is 6.36. The number of carbonyl (C=O) groups excluding carboxylic acids is 1. The highest BCUT2D eigenvalue weighted by Crippen LogP contribution is 2.35. The molecule has 0 radical (unpaired) electrons. The van der Waals surface area contributed by atoms with Gasteiger partial charge in [0.05, 0.1) is 12.8 Å². The minimum atomic E-state index is -0.246. The Morgan fingerprint density at radius 3 is 2.78 bits per heavy atom. The van der Waals surface area contributed by atoms with E-state index < -0.39 is 0 Å². The van der Waals surface area contributed by atoms with Gasteiger partial charge in [-0.2, -0.15) is 0 Å². The van der Waals surface area contributed by atoms with E-state index >= 15 is 0 Å². The zero-order valence-electron chi connectivity index (χ0n) is 15.9. The number of para-hydroxylation sites is 2. The Hall–Kier alpha value is -2.95.